The van der Waals surface area contributed by atoms with Crippen molar-refractivity contribution in [2.75, 3.05) is 23.4 Å². The Balaban J connectivity index is 1.26. The monoisotopic (exact) mass is 629 g/mol. The maximum Gasteiger partial charge on any atom is 0.338 e. The minimum atomic E-state index is -0.788. The van der Waals surface area contributed by atoms with Crippen LogP contribution in [0.5, 0.6) is 5.75 Å². The average molecular weight is 630 g/mol. The van der Waals surface area contributed by atoms with Gasteiger partial charge in [-0.25, -0.2) is 9.69 Å². The van der Waals surface area contributed by atoms with E-state index in [1.165, 1.54) is 16.7 Å². The lowest BCUT2D eigenvalue weighted by molar-refractivity contribution is -0.122. The SMILES string of the molecule is CCOC(=O)c1ccc(NC(=O)COc2ccccc2[C@@H]2c3sc(=O)[nH]c3S[C@H]3C(=O)N(c4ccc(C)cc4)C(=O)[C@@H]23)cc1. The number of rotatable bonds is 8. The van der Waals surface area contributed by atoms with Crippen LogP contribution in [0.3, 0.4) is 0 Å². The molecule has 4 aromatic rings. The Bertz CT molecular complexity index is 1810. The van der Waals surface area contributed by atoms with Crippen LogP contribution in [0.2, 0.25) is 0 Å². The van der Waals surface area contributed by atoms with Crippen LogP contribution in [-0.4, -0.2) is 47.1 Å². The van der Waals surface area contributed by atoms with Crippen LogP contribution in [-0.2, 0) is 19.1 Å². The van der Waals surface area contributed by atoms with Gasteiger partial charge in [-0.05, 0) is 56.3 Å². The van der Waals surface area contributed by atoms with Crippen molar-refractivity contribution in [3.8, 4) is 5.75 Å². The minimum Gasteiger partial charge on any atom is -0.483 e. The van der Waals surface area contributed by atoms with E-state index in [1.54, 1.807) is 67.6 Å². The van der Waals surface area contributed by atoms with Crippen molar-refractivity contribution in [1.29, 1.82) is 0 Å². The summed E-state index contributed by atoms with van der Waals surface area (Å²) < 4.78 is 11.0. The molecule has 0 radical (unpaired) electrons. The van der Waals surface area contributed by atoms with Crippen molar-refractivity contribution in [1.82, 2.24) is 4.98 Å². The van der Waals surface area contributed by atoms with Gasteiger partial charge in [-0.1, -0.05) is 59.0 Å². The van der Waals surface area contributed by atoms with Crippen LogP contribution in [0, 0.1) is 12.8 Å². The molecule has 1 saturated heterocycles. The third kappa shape index (κ3) is 5.53. The third-order valence-electron chi connectivity index (χ3n) is 7.41. The number of nitrogens with zero attached hydrogens (tertiary/aromatic N) is 1. The summed E-state index contributed by atoms with van der Waals surface area (Å²) in [5.74, 6) is -2.67. The molecule has 2 N–H and O–H groups in total. The molecule has 0 saturated carbocycles. The molecule has 12 heteroatoms. The molecule has 3 atom stereocenters. The second-order valence-electron chi connectivity index (χ2n) is 10.3. The van der Waals surface area contributed by atoms with E-state index in [-0.39, 0.29) is 29.9 Å². The van der Waals surface area contributed by atoms with Gasteiger partial charge in [-0.2, -0.15) is 0 Å². The predicted octanol–water partition coefficient (Wildman–Crippen LogP) is 4.73. The number of para-hydroxylation sites is 1. The number of fused-ring (bicyclic) bond motifs is 2. The molecule has 1 aromatic heterocycles. The number of esters is 1. The first-order chi connectivity index (χ1) is 21.2. The van der Waals surface area contributed by atoms with Gasteiger partial charge in [0, 0.05) is 22.0 Å². The largest absolute Gasteiger partial charge is 0.483 e. The van der Waals surface area contributed by atoms with E-state index in [0.29, 0.717) is 38.2 Å². The number of amides is 3. The molecule has 10 nitrogen and oxygen atoms in total. The Morgan fingerprint density at radius 3 is 2.41 bits per heavy atom. The zero-order chi connectivity index (χ0) is 31.0. The molecule has 0 unspecified atom stereocenters. The van der Waals surface area contributed by atoms with Gasteiger partial charge in [0.1, 0.15) is 11.0 Å². The number of benzene rings is 3. The molecule has 0 bridgehead atoms. The molecular formula is C32H27N3O7S2. The number of carbonyl (C=O) groups is 4. The number of carbonyl (C=O) groups excluding carboxylic acids is 4. The summed E-state index contributed by atoms with van der Waals surface area (Å²) in [6.45, 7) is 3.57. The number of H-pyrrole nitrogens is 1. The lowest BCUT2D eigenvalue weighted by Crippen LogP contribution is -2.32. The average Bonchev–Trinajstić information content (AvgIpc) is 3.51. The summed E-state index contributed by atoms with van der Waals surface area (Å²) in [5, 5.41) is 2.54. The highest BCUT2D eigenvalue weighted by atomic mass is 32.2. The number of anilines is 2. The maximum atomic E-state index is 14.0. The fourth-order valence-corrected chi connectivity index (χ4v) is 7.92. The molecule has 3 aromatic carbocycles. The van der Waals surface area contributed by atoms with E-state index in [0.717, 1.165) is 16.9 Å². The molecule has 0 spiro atoms. The smallest absolute Gasteiger partial charge is 0.338 e. The number of hydrogen-bond donors (Lipinski definition) is 2. The number of nitrogens with one attached hydrogen (secondary N) is 2. The highest BCUT2D eigenvalue weighted by molar-refractivity contribution is 8.00. The number of aryl methyl sites for hydroxylation is 1. The first kappa shape index (κ1) is 29.4. The Labute approximate surface area is 260 Å². The number of aromatic amines is 1. The lowest BCUT2D eigenvalue weighted by Gasteiger charge is -2.30. The van der Waals surface area contributed by atoms with Gasteiger partial charge >= 0.3 is 10.8 Å². The first-order valence-corrected chi connectivity index (χ1v) is 15.6. The van der Waals surface area contributed by atoms with Gasteiger partial charge in [-0.3, -0.25) is 19.2 Å². The zero-order valence-electron chi connectivity index (χ0n) is 23.7. The van der Waals surface area contributed by atoms with E-state index < -0.39 is 29.0 Å². The number of hydrogen-bond acceptors (Lipinski definition) is 9. The highest BCUT2D eigenvalue weighted by Gasteiger charge is 2.56. The maximum absolute atomic E-state index is 14.0. The van der Waals surface area contributed by atoms with Gasteiger partial charge in [0.2, 0.25) is 11.8 Å². The van der Waals surface area contributed by atoms with E-state index in [1.807, 2.05) is 19.1 Å². The Hall–Kier alpha value is -4.68. The fourth-order valence-electron chi connectivity index (χ4n) is 5.41. The topological polar surface area (TPSA) is 135 Å². The second-order valence-corrected chi connectivity index (χ2v) is 12.4. The lowest BCUT2D eigenvalue weighted by atomic mass is 9.82. The number of aromatic nitrogens is 1. The van der Waals surface area contributed by atoms with E-state index in [9.17, 15) is 24.0 Å². The van der Waals surface area contributed by atoms with Crippen LogP contribution in [0.4, 0.5) is 11.4 Å². The van der Waals surface area contributed by atoms with Gasteiger partial charge in [-0.15, -0.1) is 0 Å². The first-order valence-electron chi connectivity index (χ1n) is 13.9. The number of thiazole rings is 1. The summed E-state index contributed by atoms with van der Waals surface area (Å²) >= 11 is 2.20. The van der Waals surface area contributed by atoms with E-state index in [4.69, 9.17) is 9.47 Å². The second kappa shape index (κ2) is 12.1. The van der Waals surface area contributed by atoms with Crippen molar-refractivity contribution >= 4 is 58.2 Å². The van der Waals surface area contributed by atoms with Crippen molar-refractivity contribution in [2.45, 2.75) is 30.0 Å². The van der Waals surface area contributed by atoms with Crippen molar-refractivity contribution < 1.29 is 28.7 Å². The fraction of sp³-hybridized carbons (Fsp3) is 0.219. The summed E-state index contributed by atoms with van der Waals surface area (Å²) in [7, 11) is 0. The van der Waals surface area contributed by atoms with Gasteiger partial charge in [0.15, 0.2) is 6.61 Å². The number of thioether (sulfide) groups is 1. The third-order valence-corrected chi connectivity index (χ3v) is 9.81. The van der Waals surface area contributed by atoms with Crippen molar-refractivity contribution in [2.24, 2.45) is 5.92 Å². The number of ether oxygens (including phenoxy) is 2. The molecule has 2 aliphatic rings. The predicted molar refractivity (Wildman–Crippen MR) is 167 cm³/mol. The molecular weight excluding hydrogens is 603 g/mol. The normalized spacial score (nSPS) is 18.9. The molecule has 6 rings (SSSR count). The van der Waals surface area contributed by atoms with E-state index >= 15 is 0 Å². The van der Waals surface area contributed by atoms with Gasteiger partial charge in [0.25, 0.3) is 5.91 Å². The van der Waals surface area contributed by atoms with Gasteiger partial charge < -0.3 is 19.8 Å². The van der Waals surface area contributed by atoms with Crippen LogP contribution in [0.1, 0.15) is 39.2 Å². The molecule has 2 aliphatic heterocycles. The molecule has 3 amide bonds. The summed E-state index contributed by atoms with van der Waals surface area (Å²) in [6, 6.07) is 20.5. The molecule has 224 valence electrons. The van der Waals surface area contributed by atoms with Gasteiger partial charge in [0.05, 0.1) is 28.8 Å². The van der Waals surface area contributed by atoms with Crippen LogP contribution < -0.4 is 19.8 Å². The standard InChI is InChI=1S/C32H27N3O7S2/c1-3-41-31(39)18-10-12-19(13-11-18)33-23(36)16-42-22-7-5-4-6-21(22)24-25-27(43-28-26(24)44-32(40)34-28)30(38)35(29(25)37)20-14-8-17(2)9-15-20/h4-15,24-25,27H,3,16H2,1-2H3,(H,33,36)(H,34,40)/t24-,25-,27+/m0/s1. The van der Waals surface area contributed by atoms with E-state index in [2.05, 4.69) is 10.3 Å². The van der Waals surface area contributed by atoms with Crippen LogP contribution in [0.15, 0.2) is 82.6 Å². The summed E-state index contributed by atoms with van der Waals surface area (Å²) in [6.07, 6.45) is 0. The Morgan fingerprint density at radius 2 is 1.68 bits per heavy atom. The summed E-state index contributed by atoms with van der Waals surface area (Å²) in [4.78, 5) is 69.3. The van der Waals surface area contributed by atoms with Crippen LogP contribution in [0.25, 0.3) is 0 Å². The zero-order valence-corrected chi connectivity index (χ0v) is 25.3. The number of imide groups is 1. The Morgan fingerprint density at radius 1 is 0.955 bits per heavy atom. The molecule has 0 aliphatic carbocycles. The van der Waals surface area contributed by atoms with Crippen molar-refractivity contribution in [3.05, 3.63) is 104 Å². The molecule has 3 heterocycles. The Kier molecular flexibility index (Phi) is 8.11. The van der Waals surface area contributed by atoms with Crippen molar-refractivity contribution in [3.63, 3.8) is 0 Å². The van der Waals surface area contributed by atoms with Crippen LogP contribution >= 0.6 is 23.1 Å². The summed E-state index contributed by atoms with van der Waals surface area (Å²) in [5.41, 5.74) is 2.93. The molecule has 1 fully saturated rings. The quantitative estimate of drug-likeness (QED) is 0.211. The molecule has 44 heavy (non-hydrogen) atoms. The minimum absolute atomic E-state index is 0.261. The highest BCUT2D eigenvalue weighted by Crippen LogP contribution is 2.54.